The highest BCUT2D eigenvalue weighted by Gasteiger charge is 2.21. The lowest BCUT2D eigenvalue weighted by Gasteiger charge is -2.33. The van der Waals surface area contributed by atoms with Crippen molar-refractivity contribution < 1.29 is 4.74 Å². The smallest absolute Gasteiger partial charge is 0.191 e. The molecular weight excluding hydrogens is 461 g/mol. The Morgan fingerprint density at radius 3 is 2.88 bits per heavy atom. The molecule has 2 N–H and O–H groups in total. The first-order valence-corrected chi connectivity index (χ1v) is 10.2. The molecule has 2 aliphatic heterocycles. The van der Waals surface area contributed by atoms with Crippen molar-refractivity contribution in [1.29, 1.82) is 0 Å². The molecule has 3 rings (SSSR count). The van der Waals surface area contributed by atoms with Gasteiger partial charge in [0.2, 0.25) is 0 Å². The van der Waals surface area contributed by atoms with Crippen molar-refractivity contribution in [3.63, 3.8) is 0 Å². The number of thiophene rings is 1. The van der Waals surface area contributed by atoms with Crippen molar-refractivity contribution in [2.24, 2.45) is 4.99 Å². The summed E-state index contributed by atoms with van der Waals surface area (Å²) >= 11 is 1.90. The highest BCUT2D eigenvalue weighted by molar-refractivity contribution is 14.0. The van der Waals surface area contributed by atoms with Crippen molar-refractivity contribution >= 4 is 41.3 Å². The Labute approximate surface area is 178 Å². The van der Waals surface area contributed by atoms with Crippen LogP contribution >= 0.6 is 35.3 Å². The fraction of sp³-hybridized carbons (Fsp3) is 0.722. The fourth-order valence-electron chi connectivity index (χ4n) is 3.40. The van der Waals surface area contributed by atoms with Crippen LogP contribution in [0.15, 0.2) is 16.4 Å². The Hall–Kier alpha value is -0.420. The van der Waals surface area contributed by atoms with Crippen LogP contribution in [0, 0.1) is 0 Å². The standard InChI is InChI=1S/C18H31N5OS.HI/c1-15(23-6-3-17-16(14-23)4-12-25-17)13-21-18(19-2)20-5-7-22-8-10-24-11-9-22;/h4,12,15H,3,5-11,13-14H2,1-2H3,(H2,19,20,21);1H. The SMILES string of the molecule is CN=C(NCCN1CCOCC1)NCC(C)N1CCc2sccc2C1.I. The first-order chi connectivity index (χ1) is 12.3. The number of nitrogens with zero attached hydrogens (tertiary/aromatic N) is 3. The quantitative estimate of drug-likeness (QED) is 0.359. The number of rotatable bonds is 6. The highest BCUT2D eigenvalue weighted by atomic mass is 127. The van der Waals surface area contributed by atoms with Crippen LogP contribution in [0.1, 0.15) is 17.4 Å². The summed E-state index contributed by atoms with van der Waals surface area (Å²) in [5.74, 6) is 0.897. The molecule has 8 heteroatoms. The minimum absolute atomic E-state index is 0. The molecule has 1 fully saturated rings. The summed E-state index contributed by atoms with van der Waals surface area (Å²) in [5.41, 5.74) is 1.51. The number of hydrogen-bond donors (Lipinski definition) is 2. The van der Waals surface area contributed by atoms with Crippen LogP contribution in [0.5, 0.6) is 0 Å². The lowest BCUT2D eigenvalue weighted by molar-refractivity contribution is 0.0389. The number of hydrogen-bond acceptors (Lipinski definition) is 5. The molecule has 26 heavy (non-hydrogen) atoms. The van der Waals surface area contributed by atoms with Gasteiger partial charge in [-0.3, -0.25) is 14.8 Å². The summed E-state index contributed by atoms with van der Waals surface area (Å²) in [4.78, 5) is 10.9. The van der Waals surface area contributed by atoms with E-state index in [4.69, 9.17) is 4.74 Å². The zero-order valence-electron chi connectivity index (χ0n) is 15.9. The fourth-order valence-corrected chi connectivity index (χ4v) is 4.29. The van der Waals surface area contributed by atoms with E-state index in [-0.39, 0.29) is 24.0 Å². The largest absolute Gasteiger partial charge is 0.379 e. The van der Waals surface area contributed by atoms with Gasteiger partial charge in [-0.15, -0.1) is 35.3 Å². The van der Waals surface area contributed by atoms with Gasteiger partial charge in [-0.05, 0) is 30.4 Å². The lowest BCUT2D eigenvalue weighted by atomic mass is 10.1. The van der Waals surface area contributed by atoms with Crippen molar-refractivity contribution in [3.8, 4) is 0 Å². The molecule has 0 aromatic carbocycles. The molecule has 1 atom stereocenters. The number of fused-ring (bicyclic) bond motifs is 1. The Morgan fingerprint density at radius 2 is 2.12 bits per heavy atom. The van der Waals surface area contributed by atoms with Gasteiger partial charge in [-0.2, -0.15) is 0 Å². The maximum Gasteiger partial charge on any atom is 0.191 e. The monoisotopic (exact) mass is 493 g/mol. The van der Waals surface area contributed by atoms with E-state index in [1.54, 1.807) is 4.88 Å². The third-order valence-corrected chi connectivity index (χ3v) is 6.10. The third-order valence-electron chi connectivity index (χ3n) is 5.07. The molecule has 0 spiro atoms. The van der Waals surface area contributed by atoms with E-state index in [1.807, 2.05) is 18.4 Å². The second kappa shape index (κ2) is 11.4. The molecular formula is C18H32IN5OS. The Bertz CT molecular complexity index is 562. The van der Waals surface area contributed by atoms with E-state index >= 15 is 0 Å². The number of guanidine groups is 1. The first kappa shape index (κ1) is 21.9. The van der Waals surface area contributed by atoms with E-state index in [1.165, 1.54) is 12.0 Å². The molecule has 3 heterocycles. The van der Waals surface area contributed by atoms with Crippen LogP contribution in [0.25, 0.3) is 0 Å². The average molecular weight is 493 g/mol. The minimum Gasteiger partial charge on any atom is -0.379 e. The maximum atomic E-state index is 5.39. The molecule has 1 saturated heterocycles. The first-order valence-electron chi connectivity index (χ1n) is 9.30. The Morgan fingerprint density at radius 1 is 1.31 bits per heavy atom. The predicted molar refractivity (Wildman–Crippen MR) is 120 cm³/mol. The summed E-state index contributed by atoms with van der Waals surface area (Å²) in [5, 5.41) is 9.12. The summed E-state index contributed by atoms with van der Waals surface area (Å²) in [6.45, 7) is 11.2. The Balaban J connectivity index is 0.00000243. The van der Waals surface area contributed by atoms with E-state index < -0.39 is 0 Å². The highest BCUT2D eigenvalue weighted by Crippen LogP contribution is 2.24. The second-order valence-electron chi connectivity index (χ2n) is 6.77. The second-order valence-corrected chi connectivity index (χ2v) is 7.77. The number of aliphatic imine (C=N–C) groups is 1. The lowest BCUT2D eigenvalue weighted by Crippen LogP contribution is -2.48. The van der Waals surface area contributed by atoms with Crippen LogP contribution in [-0.2, 0) is 17.7 Å². The van der Waals surface area contributed by atoms with Gasteiger partial charge >= 0.3 is 0 Å². The molecule has 6 nitrogen and oxygen atoms in total. The number of nitrogens with one attached hydrogen (secondary N) is 2. The van der Waals surface area contributed by atoms with Crippen LogP contribution in [0.3, 0.4) is 0 Å². The molecule has 0 bridgehead atoms. The van der Waals surface area contributed by atoms with Gasteiger partial charge in [-0.25, -0.2) is 0 Å². The van der Waals surface area contributed by atoms with Crippen LogP contribution in [0.4, 0.5) is 0 Å². The average Bonchev–Trinajstić information content (AvgIpc) is 3.13. The van der Waals surface area contributed by atoms with Gasteiger partial charge in [0, 0.05) is 63.8 Å². The van der Waals surface area contributed by atoms with Gasteiger partial charge in [-0.1, -0.05) is 0 Å². The number of ether oxygens (including phenoxy) is 1. The van der Waals surface area contributed by atoms with Gasteiger partial charge < -0.3 is 15.4 Å². The summed E-state index contributed by atoms with van der Waals surface area (Å²) in [6.07, 6.45) is 1.18. The van der Waals surface area contributed by atoms with Crippen LogP contribution in [0.2, 0.25) is 0 Å². The van der Waals surface area contributed by atoms with Gasteiger partial charge in [0.15, 0.2) is 5.96 Å². The van der Waals surface area contributed by atoms with Crippen molar-refractivity contribution in [3.05, 3.63) is 21.9 Å². The summed E-state index contributed by atoms with van der Waals surface area (Å²) < 4.78 is 5.39. The molecule has 1 unspecified atom stereocenters. The summed E-state index contributed by atoms with van der Waals surface area (Å²) in [6, 6.07) is 2.77. The molecule has 0 amide bonds. The molecule has 148 valence electrons. The molecule has 0 radical (unpaired) electrons. The van der Waals surface area contributed by atoms with E-state index in [0.29, 0.717) is 6.04 Å². The van der Waals surface area contributed by atoms with E-state index in [9.17, 15) is 0 Å². The van der Waals surface area contributed by atoms with Crippen molar-refractivity contribution in [1.82, 2.24) is 20.4 Å². The number of halogens is 1. The third kappa shape index (κ3) is 6.33. The topological polar surface area (TPSA) is 52.1 Å². The van der Waals surface area contributed by atoms with Crippen LogP contribution < -0.4 is 10.6 Å². The molecule has 0 saturated carbocycles. The van der Waals surface area contributed by atoms with Gasteiger partial charge in [0.05, 0.1) is 13.2 Å². The molecule has 2 aliphatic rings. The van der Waals surface area contributed by atoms with Crippen LogP contribution in [-0.4, -0.2) is 81.3 Å². The van der Waals surface area contributed by atoms with Gasteiger partial charge in [0.1, 0.15) is 0 Å². The zero-order valence-corrected chi connectivity index (χ0v) is 19.0. The van der Waals surface area contributed by atoms with E-state index in [0.717, 1.165) is 65.0 Å². The van der Waals surface area contributed by atoms with E-state index in [2.05, 4.69) is 43.8 Å². The van der Waals surface area contributed by atoms with Crippen molar-refractivity contribution in [2.45, 2.75) is 25.9 Å². The Kier molecular flexibility index (Phi) is 9.62. The minimum atomic E-state index is 0. The normalized spacial score (nSPS) is 20.2. The molecule has 1 aromatic rings. The van der Waals surface area contributed by atoms with Gasteiger partial charge in [0.25, 0.3) is 0 Å². The summed E-state index contributed by atoms with van der Waals surface area (Å²) in [7, 11) is 1.84. The predicted octanol–water partition coefficient (Wildman–Crippen LogP) is 1.61. The van der Waals surface area contributed by atoms with Crippen molar-refractivity contribution in [2.75, 3.05) is 59.5 Å². The molecule has 0 aliphatic carbocycles. The maximum absolute atomic E-state index is 5.39. The molecule has 1 aromatic heterocycles. The zero-order chi connectivity index (χ0) is 17.5. The number of morpholine rings is 1.